The molecular weight excluding hydrogens is 270 g/mol. The van der Waals surface area contributed by atoms with Crippen LogP contribution >= 0.6 is 0 Å². The highest BCUT2D eigenvalue weighted by Crippen LogP contribution is 2.24. The maximum Gasteiger partial charge on any atom is 0.326 e. The Hall–Kier alpha value is -2.30. The van der Waals surface area contributed by atoms with Gasteiger partial charge in [-0.25, -0.2) is 4.79 Å². The third-order valence-corrected chi connectivity index (χ3v) is 3.36. The number of nitrogens with one attached hydrogen (secondary N) is 1. The third kappa shape index (κ3) is 3.24. The first-order valence-electron chi connectivity index (χ1n) is 6.92. The summed E-state index contributed by atoms with van der Waals surface area (Å²) < 4.78 is 5.54. The minimum absolute atomic E-state index is 0.170. The summed E-state index contributed by atoms with van der Waals surface area (Å²) in [4.78, 5) is 23.5. The molecule has 2 rings (SSSR count). The zero-order valence-corrected chi connectivity index (χ0v) is 12.3. The third-order valence-electron chi connectivity index (χ3n) is 3.36. The molecule has 0 saturated heterocycles. The number of fused-ring (bicyclic) bond motifs is 1. The average molecular weight is 289 g/mol. The molecule has 0 aliphatic rings. The first-order chi connectivity index (χ1) is 9.90. The molecule has 0 radical (unpaired) electrons. The van der Waals surface area contributed by atoms with Crippen molar-refractivity contribution in [3.63, 3.8) is 0 Å². The van der Waals surface area contributed by atoms with E-state index in [4.69, 9.17) is 4.42 Å². The summed E-state index contributed by atoms with van der Waals surface area (Å²) in [6.45, 7) is 5.61. The quantitative estimate of drug-likeness (QED) is 0.886. The fourth-order valence-electron chi connectivity index (χ4n) is 2.31. The Kier molecular flexibility index (Phi) is 4.31. The lowest BCUT2D eigenvalue weighted by molar-refractivity contribution is -0.139. The van der Waals surface area contributed by atoms with Crippen molar-refractivity contribution >= 4 is 22.8 Å². The zero-order valence-electron chi connectivity index (χ0n) is 12.3. The topological polar surface area (TPSA) is 79.5 Å². The second-order valence-corrected chi connectivity index (χ2v) is 5.55. The van der Waals surface area contributed by atoms with Gasteiger partial charge in [0.05, 0.1) is 0 Å². The molecule has 0 saturated carbocycles. The van der Waals surface area contributed by atoms with Crippen molar-refractivity contribution in [2.24, 2.45) is 5.92 Å². The van der Waals surface area contributed by atoms with E-state index in [9.17, 15) is 14.7 Å². The number of carboxylic acids is 1. The second-order valence-electron chi connectivity index (χ2n) is 5.55. The molecule has 2 aromatic rings. The van der Waals surface area contributed by atoms with E-state index in [1.54, 1.807) is 13.0 Å². The molecule has 1 atom stereocenters. The van der Waals surface area contributed by atoms with E-state index in [2.05, 4.69) is 5.32 Å². The molecule has 0 fully saturated rings. The summed E-state index contributed by atoms with van der Waals surface area (Å²) >= 11 is 0. The number of carbonyl (C=O) groups excluding carboxylic acids is 1. The summed E-state index contributed by atoms with van der Waals surface area (Å²) in [7, 11) is 0. The Morgan fingerprint density at radius 3 is 2.52 bits per heavy atom. The summed E-state index contributed by atoms with van der Waals surface area (Å²) in [6, 6.07) is 6.43. The van der Waals surface area contributed by atoms with Gasteiger partial charge in [0, 0.05) is 10.9 Å². The molecule has 1 heterocycles. The van der Waals surface area contributed by atoms with Crippen molar-refractivity contribution in [3.05, 3.63) is 35.6 Å². The summed E-state index contributed by atoms with van der Waals surface area (Å²) in [5.74, 6) is -1.18. The van der Waals surface area contributed by atoms with Crippen LogP contribution < -0.4 is 5.32 Å². The van der Waals surface area contributed by atoms with Gasteiger partial charge in [0.15, 0.2) is 5.76 Å². The number of rotatable bonds is 5. The first-order valence-corrected chi connectivity index (χ1v) is 6.92. The molecular formula is C16H19NO4. The van der Waals surface area contributed by atoms with Gasteiger partial charge in [-0.2, -0.15) is 0 Å². The van der Waals surface area contributed by atoms with Crippen LogP contribution in [-0.4, -0.2) is 23.0 Å². The Balaban J connectivity index is 2.25. The van der Waals surface area contributed by atoms with Crippen LogP contribution in [0.25, 0.3) is 11.0 Å². The summed E-state index contributed by atoms with van der Waals surface area (Å²) in [5, 5.41) is 12.6. The highest BCUT2D eigenvalue weighted by atomic mass is 16.4. The molecule has 0 bridgehead atoms. The van der Waals surface area contributed by atoms with E-state index in [0.717, 1.165) is 10.9 Å². The fourth-order valence-corrected chi connectivity index (χ4v) is 2.31. The van der Waals surface area contributed by atoms with Gasteiger partial charge in [-0.05, 0) is 25.3 Å². The van der Waals surface area contributed by atoms with Gasteiger partial charge in [-0.1, -0.05) is 32.0 Å². The summed E-state index contributed by atoms with van der Waals surface area (Å²) in [5.41, 5.74) is 1.34. The average Bonchev–Trinajstić information content (AvgIpc) is 2.75. The number of amides is 1. The molecule has 0 spiro atoms. The number of carboxylic acid groups (broad SMARTS) is 1. The van der Waals surface area contributed by atoms with Crippen LogP contribution in [0.2, 0.25) is 0 Å². The van der Waals surface area contributed by atoms with Crippen molar-refractivity contribution in [3.8, 4) is 0 Å². The van der Waals surface area contributed by atoms with Gasteiger partial charge in [0.1, 0.15) is 11.6 Å². The van der Waals surface area contributed by atoms with Crippen LogP contribution in [0.4, 0.5) is 0 Å². The van der Waals surface area contributed by atoms with Crippen molar-refractivity contribution in [2.75, 3.05) is 0 Å². The number of carbonyl (C=O) groups is 2. The fraction of sp³-hybridized carbons (Fsp3) is 0.375. The van der Waals surface area contributed by atoms with Crippen LogP contribution in [0.5, 0.6) is 0 Å². The van der Waals surface area contributed by atoms with Crippen LogP contribution in [0, 0.1) is 12.8 Å². The number of para-hydroxylation sites is 1. The molecule has 0 aliphatic carbocycles. The van der Waals surface area contributed by atoms with E-state index in [1.807, 2.05) is 32.0 Å². The predicted molar refractivity (Wildman–Crippen MR) is 79.3 cm³/mol. The molecule has 1 unspecified atom stereocenters. The van der Waals surface area contributed by atoms with Crippen molar-refractivity contribution in [1.82, 2.24) is 5.32 Å². The van der Waals surface area contributed by atoms with Crippen LogP contribution in [-0.2, 0) is 4.79 Å². The number of aliphatic carboxylic acids is 1. The van der Waals surface area contributed by atoms with E-state index < -0.39 is 17.9 Å². The van der Waals surface area contributed by atoms with Crippen molar-refractivity contribution in [1.29, 1.82) is 0 Å². The van der Waals surface area contributed by atoms with Crippen LogP contribution in [0.15, 0.2) is 28.7 Å². The van der Waals surface area contributed by atoms with E-state index >= 15 is 0 Å². The molecule has 5 heteroatoms. The normalized spacial score (nSPS) is 12.6. The number of furan rings is 1. The van der Waals surface area contributed by atoms with Gasteiger partial charge in [0.25, 0.3) is 5.91 Å². The lowest BCUT2D eigenvalue weighted by Gasteiger charge is -2.15. The Bertz CT molecular complexity index is 672. The Morgan fingerprint density at radius 1 is 1.29 bits per heavy atom. The maximum atomic E-state index is 12.3. The first kappa shape index (κ1) is 15.1. The number of benzene rings is 1. The summed E-state index contributed by atoms with van der Waals surface area (Å²) in [6.07, 6.45) is 0.375. The lowest BCUT2D eigenvalue weighted by Crippen LogP contribution is -2.41. The van der Waals surface area contributed by atoms with Gasteiger partial charge in [-0.3, -0.25) is 4.79 Å². The monoisotopic (exact) mass is 289 g/mol. The SMILES string of the molecule is Cc1c(C(=O)NC(CC(C)C)C(=O)O)oc2ccccc12. The number of aryl methyl sites for hydroxylation is 1. The zero-order chi connectivity index (χ0) is 15.6. The van der Waals surface area contributed by atoms with Gasteiger partial charge in [0.2, 0.25) is 0 Å². The minimum Gasteiger partial charge on any atom is -0.480 e. The van der Waals surface area contributed by atoms with E-state index in [1.165, 1.54) is 0 Å². The Labute approximate surface area is 122 Å². The molecule has 1 aromatic heterocycles. The predicted octanol–water partition coefficient (Wildman–Crippen LogP) is 2.97. The molecule has 112 valence electrons. The van der Waals surface area contributed by atoms with Crippen molar-refractivity contribution < 1.29 is 19.1 Å². The molecule has 1 amide bonds. The lowest BCUT2D eigenvalue weighted by atomic mass is 10.0. The largest absolute Gasteiger partial charge is 0.480 e. The maximum absolute atomic E-state index is 12.3. The smallest absolute Gasteiger partial charge is 0.326 e. The molecule has 0 aliphatic heterocycles. The Morgan fingerprint density at radius 2 is 1.95 bits per heavy atom. The van der Waals surface area contributed by atoms with E-state index in [-0.39, 0.29) is 11.7 Å². The highest BCUT2D eigenvalue weighted by Gasteiger charge is 2.25. The van der Waals surface area contributed by atoms with Crippen LogP contribution in [0.1, 0.15) is 36.4 Å². The van der Waals surface area contributed by atoms with Gasteiger partial charge >= 0.3 is 5.97 Å². The molecule has 1 aromatic carbocycles. The molecule has 21 heavy (non-hydrogen) atoms. The number of hydrogen-bond acceptors (Lipinski definition) is 3. The van der Waals surface area contributed by atoms with Gasteiger partial charge < -0.3 is 14.8 Å². The van der Waals surface area contributed by atoms with Gasteiger partial charge in [-0.15, -0.1) is 0 Å². The second kappa shape index (κ2) is 5.99. The standard InChI is InChI=1S/C16H19NO4/c1-9(2)8-12(16(19)20)17-15(18)14-10(3)11-6-4-5-7-13(11)21-14/h4-7,9,12H,8H2,1-3H3,(H,17,18)(H,19,20). The molecule has 2 N–H and O–H groups in total. The molecule has 5 nitrogen and oxygen atoms in total. The van der Waals surface area contributed by atoms with Crippen molar-refractivity contribution in [2.45, 2.75) is 33.2 Å². The van der Waals surface area contributed by atoms with E-state index in [0.29, 0.717) is 12.0 Å². The number of hydrogen-bond donors (Lipinski definition) is 2. The minimum atomic E-state index is -1.04. The van der Waals surface area contributed by atoms with Crippen LogP contribution in [0.3, 0.4) is 0 Å². The highest BCUT2D eigenvalue weighted by molar-refractivity contribution is 6.00.